The molecule has 0 bridgehead atoms. The van der Waals surface area contributed by atoms with Gasteiger partial charge in [0.05, 0.1) is 16.8 Å². The van der Waals surface area contributed by atoms with Crippen molar-refractivity contribution in [2.24, 2.45) is 0 Å². The molecule has 0 aromatic heterocycles. The number of nitrogens with one attached hydrogen (secondary N) is 1. The molecular weight excluding hydrogens is 427 g/mol. The molecule has 1 aliphatic rings. The zero-order valence-corrected chi connectivity index (χ0v) is 17.7. The lowest BCUT2D eigenvalue weighted by Crippen LogP contribution is -2.48. The van der Waals surface area contributed by atoms with Crippen LogP contribution in [0.15, 0.2) is 22.7 Å². The first-order valence-electron chi connectivity index (χ1n) is 8.27. The molecule has 1 aliphatic heterocycles. The average molecular weight is 451 g/mol. The number of likely N-dealkylation sites (tertiary alicyclic amines) is 1. The molecule has 1 saturated heterocycles. The summed E-state index contributed by atoms with van der Waals surface area (Å²) < 4.78 is 46.1. The van der Waals surface area contributed by atoms with Crippen molar-refractivity contribution < 1.29 is 22.3 Å². The molecule has 1 heterocycles. The van der Waals surface area contributed by atoms with Crippen LogP contribution in [0.25, 0.3) is 0 Å². The Labute approximate surface area is 162 Å². The predicted octanol–water partition coefficient (Wildman–Crippen LogP) is 3.06. The topological polar surface area (TPSA) is 75.7 Å². The first-order valence-corrected chi connectivity index (χ1v) is 11.0. The van der Waals surface area contributed by atoms with E-state index < -0.39 is 39.6 Å². The van der Waals surface area contributed by atoms with Gasteiger partial charge in [-0.15, -0.1) is 0 Å². The minimum Gasteiger partial charge on any atom is -0.444 e. The third-order valence-corrected chi connectivity index (χ3v) is 5.34. The molecule has 0 aliphatic carbocycles. The number of nitrogens with zero attached hydrogens (tertiary/aromatic N) is 1. The van der Waals surface area contributed by atoms with Crippen LogP contribution in [0.3, 0.4) is 0 Å². The molecule has 2 rings (SSSR count). The van der Waals surface area contributed by atoms with E-state index >= 15 is 0 Å². The second kappa shape index (κ2) is 7.82. The molecule has 1 amide bonds. The van der Waals surface area contributed by atoms with Crippen LogP contribution < -0.4 is 4.72 Å². The van der Waals surface area contributed by atoms with E-state index in [0.717, 1.165) is 6.26 Å². The lowest BCUT2D eigenvalue weighted by atomic mass is 10.0. The van der Waals surface area contributed by atoms with Crippen LogP contribution in [0.5, 0.6) is 0 Å². The number of halogens is 2. The molecule has 0 unspecified atom stereocenters. The van der Waals surface area contributed by atoms with Gasteiger partial charge in [-0.2, -0.15) is 0 Å². The molecule has 9 heteroatoms. The Morgan fingerprint density at radius 2 is 2.08 bits per heavy atom. The quantitative estimate of drug-likeness (QED) is 0.764. The van der Waals surface area contributed by atoms with Crippen LogP contribution in [-0.4, -0.2) is 49.9 Å². The molecule has 1 aromatic rings. The van der Waals surface area contributed by atoms with Gasteiger partial charge in [0.25, 0.3) is 0 Å². The van der Waals surface area contributed by atoms with Crippen LogP contribution in [0.4, 0.5) is 9.18 Å². The van der Waals surface area contributed by atoms with Gasteiger partial charge in [0, 0.05) is 12.6 Å². The molecule has 1 N–H and O–H groups in total. The third kappa shape index (κ3) is 5.65. The molecule has 0 saturated carbocycles. The fraction of sp³-hybridized carbons (Fsp3) is 0.588. The van der Waals surface area contributed by atoms with Crippen LogP contribution in [0.1, 0.15) is 32.8 Å². The van der Waals surface area contributed by atoms with Crippen molar-refractivity contribution in [3.63, 3.8) is 0 Å². The Morgan fingerprint density at radius 3 is 2.65 bits per heavy atom. The van der Waals surface area contributed by atoms with E-state index in [2.05, 4.69) is 20.7 Å². The molecule has 0 radical (unpaired) electrons. The number of carbonyl (C=O) groups is 1. The van der Waals surface area contributed by atoms with E-state index in [1.165, 1.54) is 4.90 Å². The summed E-state index contributed by atoms with van der Waals surface area (Å²) in [5.41, 5.74) is -0.273. The van der Waals surface area contributed by atoms with Gasteiger partial charge in [0.2, 0.25) is 10.0 Å². The van der Waals surface area contributed by atoms with Gasteiger partial charge < -0.3 is 9.64 Å². The van der Waals surface area contributed by atoms with Gasteiger partial charge >= 0.3 is 6.09 Å². The summed E-state index contributed by atoms with van der Waals surface area (Å²) in [5.74, 6) is -0.415. The summed E-state index contributed by atoms with van der Waals surface area (Å²) in [5, 5.41) is 0. The van der Waals surface area contributed by atoms with Crippen molar-refractivity contribution in [3.05, 3.63) is 34.1 Å². The Bertz CT molecular complexity index is 779. The summed E-state index contributed by atoms with van der Waals surface area (Å²) in [6.45, 7) is 5.62. The fourth-order valence-electron chi connectivity index (χ4n) is 3.00. The van der Waals surface area contributed by atoms with E-state index in [9.17, 15) is 17.6 Å². The van der Waals surface area contributed by atoms with E-state index in [0.29, 0.717) is 23.0 Å². The summed E-state index contributed by atoms with van der Waals surface area (Å²) >= 11 is 3.15. The molecule has 6 nitrogen and oxygen atoms in total. The molecule has 0 spiro atoms. The molecule has 1 aromatic carbocycles. The van der Waals surface area contributed by atoms with E-state index in [1.807, 2.05) is 0 Å². The zero-order valence-electron chi connectivity index (χ0n) is 15.3. The van der Waals surface area contributed by atoms with Crippen molar-refractivity contribution >= 4 is 32.0 Å². The molecule has 1 fully saturated rings. The number of benzene rings is 1. The maximum atomic E-state index is 14.4. The smallest absolute Gasteiger partial charge is 0.410 e. The van der Waals surface area contributed by atoms with Crippen LogP contribution >= 0.6 is 15.9 Å². The number of sulfonamides is 1. The lowest BCUT2D eigenvalue weighted by molar-refractivity contribution is 0.0218. The summed E-state index contributed by atoms with van der Waals surface area (Å²) in [6, 6.07) is 3.88. The standard InChI is InChI=1S/C17H24BrFN2O4S/c1-17(2,3)25-16(22)21-9-8-13(20-26(4,23)24)14(21)10-11-6-5-7-12(18)15(11)19/h5-7,13-14,20H,8-10H2,1-4H3/t13-,14-/m1/s1. The van der Waals surface area contributed by atoms with Crippen molar-refractivity contribution in [1.82, 2.24) is 9.62 Å². The monoisotopic (exact) mass is 450 g/mol. The highest BCUT2D eigenvalue weighted by atomic mass is 79.9. The van der Waals surface area contributed by atoms with Gasteiger partial charge in [-0.25, -0.2) is 22.3 Å². The van der Waals surface area contributed by atoms with E-state index in [4.69, 9.17) is 4.74 Å². The van der Waals surface area contributed by atoms with Gasteiger partial charge in [-0.05, 0) is 61.2 Å². The van der Waals surface area contributed by atoms with Gasteiger partial charge in [-0.3, -0.25) is 0 Å². The third-order valence-electron chi connectivity index (χ3n) is 4.00. The first-order chi connectivity index (χ1) is 11.9. The van der Waals surface area contributed by atoms with Crippen molar-refractivity contribution in [1.29, 1.82) is 0 Å². The number of hydrogen-bond acceptors (Lipinski definition) is 4. The van der Waals surface area contributed by atoms with E-state index in [-0.39, 0.29) is 6.42 Å². The zero-order chi connectivity index (χ0) is 19.7. The average Bonchev–Trinajstić information content (AvgIpc) is 2.83. The van der Waals surface area contributed by atoms with Crippen LogP contribution in [0.2, 0.25) is 0 Å². The van der Waals surface area contributed by atoms with Crippen molar-refractivity contribution in [3.8, 4) is 0 Å². The number of ether oxygens (including phenoxy) is 1. The Morgan fingerprint density at radius 1 is 1.42 bits per heavy atom. The highest BCUT2D eigenvalue weighted by molar-refractivity contribution is 9.10. The second-order valence-corrected chi connectivity index (χ2v) is 10.1. The number of amides is 1. The van der Waals surface area contributed by atoms with Gasteiger partial charge in [-0.1, -0.05) is 12.1 Å². The van der Waals surface area contributed by atoms with Gasteiger partial charge in [0.15, 0.2) is 0 Å². The maximum absolute atomic E-state index is 14.4. The number of carbonyl (C=O) groups excluding carboxylic acids is 1. The molecule has 2 atom stereocenters. The minimum atomic E-state index is -3.47. The Kier molecular flexibility index (Phi) is 6.35. The summed E-state index contributed by atoms with van der Waals surface area (Å²) in [7, 11) is -3.47. The van der Waals surface area contributed by atoms with Crippen molar-refractivity contribution in [2.45, 2.75) is 51.3 Å². The van der Waals surface area contributed by atoms with Crippen molar-refractivity contribution in [2.75, 3.05) is 12.8 Å². The SMILES string of the molecule is CC(C)(C)OC(=O)N1CC[C@@H](NS(C)(=O)=O)[C@H]1Cc1cccc(Br)c1F. The molecule has 146 valence electrons. The fourth-order valence-corrected chi connectivity index (χ4v) is 4.23. The van der Waals surface area contributed by atoms with Crippen LogP contribution in [-0.2, 0) is 21.2 Å². The Hall–Kier alpha value is -1.19. The number of hydrogen-bond donors (Lipinski definition) is 1. The molecule has 26 heavy (non-hydrogen) atoms. The van der Waals surface area contributed by atoms with E-state index in [1.54, 1.807) is 39.0 Å². The highest BCUT2D eigenvalue weighted by Gasteiger charge is 2.40. The second-order valence-electron chi connectivity index (χ2n) is 7.44. The largest absolute Gasteiger partial charge is 0.444 e. The van der Waals surface area contributed by atoms with Crippen LogP contribution in [0, 0.1) is 5.82 Å². The predicted molar refractivity (Wildman–Crippen MR) is 101 cm³/mol. The number of rotatable bonds is 4. The Balaban J connectivity index is 2.30. The molecular formula is C17H24BrFN2O4S. The summed E-state index contributed by atoms with van der Waals surface area (Å²) in [6.07, 6.45) is 1.15. The normalized spacial score (nSPS) is 21.1. The highest BCUT2D eigenvalue weighted by Crippen LogP contribution is 2.27. The summed E-state index contributed by atoms with van der Waals surface area (Å²) in [4.78, 5) is 14.0. The van der Waals surface area contributed by atoms with Gasteiger partial charge in [0.1, 0.15) is 11.4 Å². The minimum absolute atomic E-state index is 0.178. The maximum Gasteiger partial charge on any atom is 0.410 e. The lowest BCUT2D eigenvalue weighted by Gasteiger charge is -2.31. The first kappa shape index (κ1) is 21.1.